The van der Waals surface area contributed by atoms with Gasteiger partial charge in [0.1, 0.15) is 22.8 Å². The lowest BCUT2D eigenvalue weighted by molar-refractivity contribution is 0.0642. The van der Waals surface area contributed by atoms with Gasteiger partial charge in [-0.25, -0.2) is 4.98 Å². The van der Waals surface area contributed by atoms with Gasteiger partial charge in [-0.3, -0.25) is 4.90 Å². The molecule has 1 spiro atoms. The Morgan fingerprint density at radius 1 is 1.25 bits per heavy atom. The summed E-state index contributed by atoms with van der Waals surface area (Å²) in [5, 5.41) is 9.73. The number of ether oxygens (including phenoxy) is 2. The first-order valence-corrected chi connectivity index (χ1v) is 8.34. The summed E-state index contributed by atoms with van der Waals surface area (Å²) in [5.74, 6) is 1.71. The molecular formula is C19H22N2O3. The number of benzene rings is 1. The van der Waals surface area contributed by atoms with Crippen LogP contribution in [-0.2, 0) is 13.1 Å². The van der Waals surface area contributed by atoms with Crippen molar-refractivity contribution in [3.05, 3.63) is 47.7 Å². The maximum Gasteiger partial charge on any atom is 0.211 e. The average molecular weight is 326 g/mol. The van der Waals surface area contributed by atoms with E-state index in [2.05, 4.69) is 28.9 Å². The molecule has 0 saturated heterocycles. The van der Waals surface area contributed by atoms with E-state index < -0.39 is 0 Å². The summed E-state index contributed by atoms with van der Waals surface area (Å²) in [6.07, 6.45) is 2.13. The molecule has 1 N–H and O–H groups in total. The zero-order chi connectivity index (χ0) is 16.7. The number of nitrogens with zero attached hydrogens (tertiary/aromatic N) is 2. The summed E-state index contributed by atoms with van der Waals surface area (Å²) in [5.41, 5.74) is 1.91. The first-order valence-electron chi connectivity index (χ1n) is 8.34. The average Bonchev–Trinajstić information content (AvgIpc) is 3.38. The second kappa shape index (κ2) is 5.67. The lowest BCUT2D eigenvalue weighted by atomic mass is 10.1. The highest BCUT2D eigenvalue weighted by Crippen LogP contribution is 2.48. The van der Waals surface area contributed by atoms with Gasteiger partial charge in [-0.1, -0.05) is 12.1 Å². The lowest BCUT2D eigenvalue weighted by Gasteiger charge is -2.31. The van der Waals surface area contributed by atoms with Gasteiger partial charge in [-0.15, -0.1) is 0 Å². The molecule has 24 heavy (non-hydrogen) atoms. The van der Waals surface area contributed by atoms with E-state index in [1.165, 1.54) is 5.56 Å². The highest BCUT2D eigenvalue weighted by atomic mass is 16.5. The topological polar surface area (TPSA) is 54.8 Å². The van der Waals surface area contributed by atoms with Crippen LogP contribution in [0.4, 0.5) is 0 Å². The smallest absolute Gasteiger partial charge is 0.211 e. The molecule has 1 aliphatic carbocycles. The molecule has 0 bridgehead atoms. The quantitative estimate of drug-likeness (QED) is 0.939. The second-order valence-electron chi connectivity index (χ2n) is 6.71. The van der Waals surface area contributed by atoms with Gasteiger partial charge in [0, 0.05) is 25.2 Å². The predicted molar refractivity (Wildman–Crippen MR) is 90.2 cm³/mol. The minimum absolute atomic E-state index is 0.0427. The molecule has 126 valence electrons. The third kappa shape index (κ3) is 2.69. The maximum absolute atomic E-state index is 9.73. The van der Waals surface area contributed by atoms with E-state index in [-0.39, 0.29) is 17.5 Å². The molecule has 0 unspecified atom stereocenters. The van der Waals surface area contributed by atoms with Crippen LogP contribution in [0.15, 0.2) is 36.4 Å². The van der Waals surface area contributed by atoms with Crippen molar-refractivity contribution >= 4 is 0 Å². The fourth-order valence-electron chi connectivity index (χ4n) is 3.45. The monoisotopic (exact) mass is 326 g/mol. The lowest BCUT2D eigenvalue weighted by Crippen LogP contribution is -2.43. The molecule has 2 heterocycles. The Hall–Kier alpha value is -2.27. The van der Waals surface area contributed by atoms with Gasteiger partial charge in [0.2, 0.25) is 5.88 Å². The molecule has 1 aromatic carbocycles. The fraction of sp³-hybridized carbons (Fsp3) is 0.421. The van der Waals surface area contributed by atoms with E-state index >= 15 is 0 Å². The number of hydrogen-bond donors (Lipinski definition) is 1. The van der Waals surface area contributed by atoms with Crippen molar-refractivity contribution in [1.82, 2.24) is 9.88 Å². The van der Waals surface area contributed by atoms with E-state index in [4.69, 9.17) is 9.47 Å². The van der Waals surface area contributed by atoms with Gasteiger partial charge in [-0.2, -0.15) is 0 Å². The molecule has 5 nitrogen and oxygen atoms in total. The highest BCUT2D eigenvalue weighted by Gasteiger charge is 2.54. The van der Waals surface area contributed by atoms with Crippen LogP contribution in [0, 0.1) is 0 Å². The number of hydrogen-bond acceptors (Lipinski definition) is 5. The molecule has 1 aliphatic heterocycles. The van der Waals surface area contributed by atoms with Crippen molar-refractivity contribution in [3.63, 3.8) is 0 Å². The van der Waals surface area contributed by atoms with Crippen LogP contribution >= 0.6 is 0 Å². The molecule has 2 aromatic rings. The molecule has 1 fully saturated rings. The Balaban J connectivity index is 1.63. The Bertz CT molecular complexity index is 741. The number of methoxy groups -OCH3 is 1. The van der Waals surface area contributed by atoms with Crippen LogP contribution in [0.5, 0.6) is 17.4 Å². The van der Waals surface area contributed by atoms with Crippen molar-refractivity contribution < 1.29 is 14.6 Å². The van der Waals surface area contributed by atoms with Gasteiger partial charge in [-0.05, 0) is 43.5 Å². The highest BCUT2D eigenvalue weighted by molar-refractivity contribution is 5.35. The van der Waals surface area contributed by atoms with Crippen molar-refractivity contribution in [2.45, 2.75) is 44.5 Å². The Morgan fingerprint density at radius 2 is 2.00 bits per heavy atom. The predicted octanol–water partition coefficient (Wildman–Crippen LogP) is 3.11. The number of aromatic nitrogens is 1. The fourth-order valence-corrected chi connectivity index (χ4v) is 3.45. The Labute approximate surface area is 141 Å². The molecule has 0 radical (unpaired) electrons. The van der Waals surface area contributed by atoms with E-state index in [0.717, 1.165) is 36.6 Å². The van der Waals surface area contributed by atoms with Crippen LogP contribution in [0.25, 0.3) is 0 Å². The number of aromatic hydroxyl groups is 1. The second-order valence-corrected chi connectivity index (χ2v) is 6.71. The first-order chi connectivity index (χ1) is 11.6. The summed E-state index contributed by atoms with van der Waals surface area (Å²) < 4.78 is 11.5. The van der Waals surface area contributed by atoms with Gasteiger partial charge in [0.05, 0.1) is 7.11 Å². The SMILES string of the molecule is COc1ccc(CN2Cc3nc(O)ccc3OC3(CC3)[C@@H]2C)cc1. The van der Waals surface area contributed by atoms with Gasteiger partial charge >= 0.3 is 0 Å². The zero-order valence-electron chi connectivity index (χ0n) is 14.0. The first kappa shape index (κ1) is 15.3. The third-order valence-corrected chi connectivity index (χ3v) is 5.18. The summed E-state index contributed by atoms with van der Waals surface area (Å²) in [7, 11) is 1.68. The van der Waals surface area contributed by atoms with Crippen molar-refractivity contribution in [2.24, 2.45) is 0 Å². The van der Waals surface area contributed by atoms with Crippen molar-refractivity contribution in [3.8, 4) is 17.4 Å². The standard InChI is InChI=1S/C19H22N2O3/c1-13-19(9-10-19)24-17-7-8-18(22)20-16(17)12-21(13)11-14-3-5-15(23-2)6-4-14/h3-8,13H,9-12H2,1-2H3,(H,20,22)/t13-/m0/s1. The Kier molecular flexibility index (Phi) is 3.61. The summed E-state index contributed by atoms with van der Waals surface area (Å²) >= 11 is 0. The largest absolute Gasteiger partial charge is 0.497 e. The van der Waals surface area contributed by atoms with Crippen LogP contribution in [-0.4, -0.2) is 33.7 Å². The zero-order valence-corrected chi connectivity index (χ0v) is 14.0. The summed E-state index contributed by atoms with van der Waals surface area (Å²) in [6, 6.07) is 11.9. The number of fused-ring (bicyclic) bond motifs is 1. The Morgan fingerprint density at radius 3 is 2.67 bits per heavy atom. The van der Waals surface area contributed by atoms with Crippen molar-refractivity contribution in [2.75, 3.05) is 7.11 Å². The normalized spacial score (nSPS) is 21.7. The third-order valence-electron chi connectivity index (χ3n) is 5.18. The summed E-state index contributed by atoms with van der Waals surface area (Å²) in [4.78, 5) is 6.67. The molecule has 1 saturated carbocycles. The van der Waals surface area contributed by atoms with E-state index in [0.29, 0.717) is 6.54 Å². The van der Waals surface area contributed by atoms with Gasteiger partial charge < -0.3 is 14.6 Å². The molecule has 2 aliphatic rings. The molecule has 5 heteroatoms. The minimum atomic E-state index is -0.115. The van der Waals surface area contributed by atoms with Crippen LogP contribution in [0.2, 0.25) is 0 Å². The van der Waals surface area contributed by atoms with E-state index in [1.807, 2.05) is 18.2 Å². The van der Waals surface area contributed by atoms with Crippen LogP contribution in [0.3, 0.4) is 0 Å². The molecule has 1 aromatic heterocycles. The summed E-state index contributed by atoms with van der Waals surface area (Å²) in [6.45, 7) is 3.70. The minimum Gasteiger partial charge on any atom is -0.497 e. The van der Waals surface area contributed by atoms with Crippen LogP contribution < -0.4 is 9.47 Å². The van der Waals surface area contributed by atoms with Crippen molar-refractivity contribution in [1.29, 1.82) is 0 Å². The number of pyridine rings is 1. The van der Waals surface area contributed by atoms with Gasteiger partial charge in [0.15, 0.2) is 0 Å². The molecule has 0 amide bonds. The number of rotatable bonds is 3. The van der Waals surface area contributed by atoms with E-state index in [9.17, 15) is 5.11 Å². The van der Waals surface area contributed by atoms with Crippen LogP contribution in [0.1, 0.15) is 31.0 Å². The van der Waals surface area contributed by atoms with E-state index in [1.54, 1.807) is 13.2 Å². The molecule has 1 atom stereocenters. The molecule has 4 rings (SSSR count). The maximum atomic E-state index is 9.73. The van der Waals surface area contributed by atoms with Gasteiger partial charge in [0.25, 0.3) is 0 Å². The molecular weight excluding hydrogens is 304 g/mol.